The number of amides is 2. The van der Waals surface area contributed by atoms with Crippen molar-refractivity contribution in [2.75, 3.05) is 10.7 Å². The molecule has 0 bridgehead atoms. The van der Waals surface area contributed by atoms with Crippen LogP contribution in [0.25, 0.3) is 0 Å². The molecule has 0 saturated carbocycles. The largest absolute Gasteiger partial charge is 0.328 e. The third-order valence-electron chi connectivity index (χ3n) is 3.01. The van der Waals surface area contributed by atoms with Gasteiger partial charge in [0.1, 0.15) is 0 Å². The van der Waals surface area contributed by atoms with Crippen molar-refractivity contribution in [2.45, 2.75) is 31.1 Å². The maximum Gasteiger partial charge on any atom is 0.247 e. The molecule has 2 amide bonds. The lowest BCUT2D eigenvalue weighted by molar-refractivity contribution is -0.121. The lowest BCUT2D eigenvalue weighted by Crippen LogP contribution is -2.31. The number of thioether (sulfide) groups is 1. The average molecular weight is 278 g/mol. The number of hydrogen-bond donors (Lipinski definition) is 1. The van der Waals surface area contributed by atoms with E-state index in [-0.39, 0.29) is 29.5 Å². The predicted octanol–water partition coefficient (Wildman–Crippen LogP) is 1.79. The summed E-state index contributed by atoms with van der Waals surface area (Å²) in [5.74, 6) is 0.588. The summed E-state index contributed by atoms with van der Waals surface area (Å²) >= 11 is 1.53. The second-order valence-electron chi connectivity index (χ2n) is 4.73. The molecule has 2 rings (SSSR count). The molecular formula is C14H18N2O2S. The van der Waals surface area contributed by atoms with E-state index in [0.29, 0.717) is 5.69 Å². The second-order valence-corrected chi connectivity index (χ2v) is 6.04. The van der Waals surface area contributed by atoms with Crippen LogP contribution in [0.5, 0.6) is 0 Å². The molecular weight excluding hydrogens is 260 g/mol. The topological polar surface area (TPSA) is 63.4 Å². The number of carbonyl (C=O) groups excluding carboxylic acids is 2. The number of rotatable bonds is 5. The number of nitrogens with zero attached hydrogens (tertiary/aromatic N) is 1. The summed E-state index contributed by atoms with van der Waals surface area (Å²) in [4.78, 5) is 25.5. The first-order valence-electron chi connectivity index (χ1n) is 6.38. The van der Waals surface area contributed by atoms with Crippen LogP contribution >= 0.6 is 11.8 Å². The highest BCUT2D eigenvalue weighted by molar-refractivity contribution is 8.00. The Morgan fingerprint density at radius 1 is 1.37 bits per heavy atom. The zero-order valence-electron chi connectivity index (χ0n) is 10.9. The lowest BCUT2D eigenvalue weighted by atomic mass is 10.3. The smallest absolute Gasteiger partial charge is 0.247 e. The van der Waals surface area contributed by atoms with Crippen LogP contribution in [0.1, 0.15) is 19.8 Å². The molecule has 1 aliphatic heterocycles. The minimum Gasteiger partial charge on any atom is -0.328 e. The fraction of sp³-hybridized carbons (Fsp3) is 0.429. The molecule has 1 aliphatic rings. The molecule has 19 heavy (non-hydrogen) atoms. The molecule has 5 heteroatoms. The minimum absolute atomic E-state index is 0.106. The quantitative estimate of drug-likeness (QED) is 0.834. The first kappa shape index (κ1) is 14.1. The van der Waals surface area contributed by atoms with Crippen molar-refractivity contribution in [1.82, 2.24) is 0 Å². The Labute approximate surface area is 117 Å². The normalized spacial score (nSPS) is 20.9. The molecule has 1 heterocycles. The van der Waals surface area contributed by atoms with E-state index in [1.165, 1.54) is 16.7 Å². The zero-order valence-corrected chi connectivity index (χ0v) is 11.7. The molecule has 0 radical (unpaired) electrons. The number of benzene rings is 1. The highest BCUT2D eigenvalue weighted by Crippen LogP contribution is 2.29. The summed E-state index contributed by atoms with van der Waals surface area (Å²) in [7, 11) is 0. The third kappa shape index (κ3) is 3.36. The highest BCUT2D eigenvalue weighted by Gasteiger charge is 2.39. The maximum absolute atomic E-state index is 12.2. The Balaban J connectivity index is 2.01. The summed E-state index contributed by atoms with van der Waals surface area (Å²) in [5.41, 5.74) is 6.34. The number of nitrogens with two attached hydrogens (primary N) is 1. The fourth-order valence-electron chi connectivity index (χ4n) is 1.98. The van der Waals surface area contributed by atoms with Gasteiger partial charge in [0, 0.05) is 12.5 Å². The first-order chi connectivity index (χ1) is 9.09. The van der Waals surface area contributed by atoms with Gasteiger partial charge in [0.15, 0.2) is 0 Å². The summed E-state index contributed by atoms with van der Waals surface area (Å²) in [6, 6.07) is 9.21. The molecule has 102 valence electrons. The maximum atomic E-state index is 12.2. The minimum atomic E-state index is -0.258. The van der Waals surface area contributed by atoms with Gasteiger partial charge in [-0.1, -0.05) is 18.2 Å². The van der Waals surface area contributed by atoms with Crippen LogP contribution in [0.4, 0.5) is 5.69 Å². The Kier molecular flexibility index (Phi) is 4.61. The van der Waals surface area contributed by atoms with Crippen LogP contribution in [0.2, 0.25) is 0 Å². The summed E-state index contributed by atoms with van der Waals surface area (Å²) < 4.78 is 0. The first-order valence-corrected chi connectivity index (χ1v) is 7.43. The van der Waals surface area contributed by atoms with Crippen molar-refractivity contribution in [2.24, 2.45) is 5.73 Å². The third-order valence-corrected chi connectivity index (χ3v) is 4.25. The SMILES string of the molecule is CC(N)CCSC1CC(=O)N(c2ccccc2)C1=O. The summed E-state index contributed by atoms with van der Waals surface area (Å²) in [6.07, 6.45) is 1.14. The molecule has 2 N–H and O–H groups in total. The monoisotopic (exact) mass is 278 g/mol. The van der Waals surface area contributed by atoms with Crippen LogP contribution in [0, 0.1) is 0 Å². The predicted molar refractivity (Wildman–Crippen MR) is 78.1 cm³/mol. The van der Waals surface area contributed by atoms with E-state index in [1.807, 2.05) is 25.1 Å². The van der Waals surface area contributed by atoms with Crippen LogP contribution in [0.3, 0.4) is 0 Å². The molecule has 1 aromatic rings. The Hall–Kier alpha value is -1.33. The van der Waals surface area contributed by atoms with Crippen LogP contribution in [-0.4, -0.2) is 28.9 Å². The van der Waals surface area contributed by atoms with Crippen molar-refractivity contribution >= 4 is 29.3 Å². The number of imide groups is 1. The van der Waals surface area contributed by atoms with Gasteiger partial charge in [-0.05, 0) is 31.2 Å². The van der Waals surface area contributed by atoms with E-state index >= 15 is 0 Å². The molecule has 0 aliphatic carbocycles. The van der Waals surface area contributed by atoms with Gasteiger partial charge < -0.3 is 5.73 Å². The van der Waals surface area contributed by atoms with Gasteiger partial charge in [0.05, 0.1) is 10.9 Å². The second kappa shape index (κ2) is 6.21. The van der Waals surface area contributed by atoms with E-state index in [0.717, 1.165) is 12.2 Å². The van der Waals surface area contributed by atoms with Gasteiger partial charge >= 0.3 is 0 Å². The highest BCUT2D eigenvalue weighted by atomic mass is 32.2. The van der Waals surface area contributed by atoms with Crippen molar-refractivity contribution in [3.8, 4) is 0 Å². The van der Waals surface area contributed by atoms with Crippen LogP contribution in [0.15, 0.2) is 30.3 Å². The fourth-order valence-corrected chi connectivity index (χ4v) is 3.28. The van der Waals surface area contributed by atoms with Crippen molar-refractivity contribution in [3.63, 3.8) is 0 Å². The van der Waals surface area contributed by atoms with Gasteiger partial charge in [-0.15, -0.1) is 11.8 Å². The molecule has 1 aromatic carbocycles. The van der Waals surface area contributed by atoms with Gasteiger partial charge in [-0.25, -0.2) is 4.90 Å². The van der Waals surface area contributed by atoms with Crippen LogP contribution < -0.4 is 10.6 Å². The Morgan fingerprint density at radius 3 is 2.68 bits per heavy atom. The molecule has 2 atom stereocenters. The van der Waals surface area contributed by atoms with Gasteiger partial charge in [-0.3, -0.25) is 9.59 Å². The molecule has 2 unspecified atom stereocenters. The van der Waals surface area contributed by atoms with E-state index in [1.54, 1.807) is 12.1 Å². The van der Waals surface area contributed by atoms with Gasteiger partial charge in [0.2, 0.25) is 11.8 Å². The van der Waals surface area contributed by atoms with Gasteiger partial charge in [0.25, 0.3) is 0 Å². The Morgan fingerprint density at radius 2 is 2.05 bits per heavy atom. The van der Waals surface area contributed by atoms with Crippen molar-refractivity contribution in [1.29, 1.82) is 0 Å². The van der Waals surface area contributed by atoms with E-state index in [9.17, 15) is 9.59 Å². The molecule has 1 saturated heterocycles. The van der Waals surface area contributed by atoms with Crippen molar-refractivity contribution < 1.29 is 9.59 Å². The van der Waals surface area contributed by atoms with Crippen molar-refractivity contribution in [3.05, 3.63) is 30.3 Å². The van der Waals surface area contributed by atoms with Crippen LogP contribution in [-0.2, 0) is 9.59 Å². The molecule has 4 nitrogen and oxygen atoms in total. The average Bonchev–Trinajstić information content (AvgIpc) is 2.65. The van der Waals surface area contributed by atoms with E-state index in [2.05, 4.69) is 0 Å². The van der Waals surface area contributed by atoms with E-state index < -0.39 is 0 Å². The summed E-state index contributed by atoms with van der Waals surface area (Å²) in [5, 5.41) is -0.258. The van der Waals surface area contributed by atoms with E-state index in [4.69, 9.17) is 5.73 Å². The molecule has 1 fully saturated rings. The number of carbonyl (C=O) groups is 2. The number of anilines is 1. The molecule has 0 aromatic heterocycles. The summed E-state index contributed by atoms with van der Waals surface area (Å²) in [6.45, 7) is 1.94. The number of para-hydroxylation sites is 1. The molecule has 0 spiro atoms. The lowest BCUT2D eigenvalue weighted by Gasteiger charge is -2.14. The van der Waals surface area contributed by atoms with Gasteiger partial charge in [-0.2, -0.15) is 0 Å². The zero-order chi connectivity index (χ0) is 13.8. The standard InChI is InChI=1S/C14H18N2O2S/c1-10(15)7-8-19-12-9-13(17)16(14(12)18)11-5-3-2-4-6-11/h2-6,10,12H,7-9,15H2,1H3. The Bertz CT molecular complexity index is 462. The number of hydrogen-bond acceptors (Lipinski definition) is 4.